The van der Waals surface area contributed by atoms with Crippen molar-refractivity contribution in [2.24, 2.45) is 0 Å². The van der Waals surface area contributed by atoms with Gasteiger partial charge in [0.2, 0.25) is 0 Å². The van der Waals surface area contributed by atoms with Gasteiger partial charge >= 0.3 is 0 Å². The van der Waals surface area contributed by atoms with Gasteiger partial charge in [-0.1, -0.05) is 6.92 Å². The first-order valence-electron chi connectivity index (χ1n) is 7.01. The van der Waals surface area contributed by atoms with E-state index in [4.69, 9.17) is 4.74 Å². The summed E-state index contributed by atoms with van der Waals surface area (Å²) in [5, 5.41) is 6.68. The molecule has 0 bridgehead atoms. The summed E-state index contributed by atoms with van der Waals surface area (Å²) >= 11 is 1.66. The van der Waals surface area contributed by atoms with Gasteiger partial charge in [0.1, 0.15) is 16.5 Å². The van der Waals surface area contributed by atoms with Crippen LogP contribution in [0.3, 0.4) is 0 Å². The van der Waals surface area contributed by atoms with Gasteiger partial charge in [-0.2, -0.15) is 0 Å². The number of nitrogens with one attached hydrogen (secondary N) is 1. The number of nitrogens with zero attached hydrogens (tertiary/aromatic N) is 2. The molecule has 5 heteroatoms. The highest BCUT2D eigenvalue weighted by molar-refractivity contribution is 7.16. The van der Waals surface area contributed by atoms with Crippen LogP contribution in [0.1, 0.15) is 39.9 Å². The number of aromatic nitrogens is 2. The number of anilines is 1. The summed E-state index contributed by atoms with van der Waals surface area (Å²) in [6.07, 6.45) is 1.76. The Morgan fingerprint density at radius 2 is 2.15 bits per heavy atom. The van der Waals surface area contributed by atoms with E-state index in [1.807, 2.05) is 0 Å². The highest BCUT2D eigenvalue weighted by Gasteiger charge is 2.21. The van der Waals surface area contributed by atoms with Gasteiger partial charge in [0, 0.05) is 19.6 Å². The maximum atomic E-state index is 5.49. The molecule has 0 amide bonds. The molecule has 4 nitrogen and oxygen atoms in total. The fraction of sp³-hybridized carbons (Fsp3) is 0.600. The number of aryl methyl sites for hydroxylation is 1. The first-order valence-corrected chi connectivity index (χ1v) is 7.89. The second kappa shape index (κ2) is 6.06. The van der Waals surface area contributed by atoms with E-state index >= 15 is 0 Å². The number of thiophene rings is 1. The largest absolute Gasteiger partial charge is 0.379 e. The van der Waals surface area contributed by atoms with Crippen molar-refractivity contribution in [1.82, 2.24) is 9.97 Å². The minimum Gasteiger partial charge on any atom is -0.379 e. The van der Waals surface area contributed by atoms with Crippen LogP contribution in [0.2, 0.25) is 0 Å². The molecule has 0 saturated heterocycles. The molecular formula is C15H23N3OS. The molecule has 2 aromatic heterocycles. The predicted octanol–water partition coefficient (Wildman–Crippen LogP) is 3.87. The summed E-state index contributed by atoms with van der Waals surface area (Å²) in [5.41, 5.74) is -0.138. The Morgan fingerprint density at radius 1 is 1.40 bits per heavy atom. The van der Waals surface area contributed by atoms with Gasteiger partial charge in [-0.15, -0.1) is 11.3 Å². The Balaban J connectivity index is 2.22. The van der Waals surface area contributed by atoms with Crippen LogP contribution in [0.4, 0.5) is 5.82 Å². The third-order valence-electron chi connectivity index (χ3n) is 3.42. The lowest BCUT2D eigenvalue weighted by molar-refractivity contribution is 0.0128. The summed E-state index contributed by atoms with van der Waals surface area (Å²) in [6, 6.07) is 2.36. The van der Waals surface area contributed by atoms with Crippen LogP contribution in [-0.4, -0.2) is 28.7 Å². The molecule has 0 aromatic carbocycles. The zero-order valence-corrected chi connectivity index (χ0v) is 13.7. The molecule has 2 rings (SSSR count). The number of hydrogen-bond donors (Lipinski definition) is 1. The Bertz CT molecular complexity index is 580. The van der Waals surface area contributed by atoms with Crippen molar-refractivity contribution < 1.29 is 4.74 Å². The molecule has 0 fully saturated rings. The van der Waals surface area contributed by atoms with Crippen molar-refractivity contribution >= 4 is 27.4 Å². The van der Waals surface area contributed by atoms with Crippen molar-refractivity contribution in [3.8, 4) is 0 Å². The normalized spacial score (nSPS) is 13.7. The zero-order chi connectivity index (χ0) is 14.8. The molecule has 0 aliphatic heterocycles. The summed E-state index contributed by atoms with van der Waals surface area (Å²) in [6.45, 7) is 8.44. The fourth-order valence-electron chi connectivity index (χ4n) is 2.27. The molecular weight excluding hydrogens is 270 g/mol. The SMILES string of the molecule is CCc1nc(NC(C)CC(C)(C)OC)c2ccsc2n1. The summed E-state index contributed by atoms with van der Waals surface area (Å²) in [5.74, 6) is 1.83. The standard InChI is InChI=1S/C15H23N3OS/c1-6-12-17-13(11-7-8-20-14(11)18-12)16-10(2)9-15(3,4)19-5/h7-8,10H,6,9H2,1-5H3,(H,16,17,18). The highest BCUT2D eigenvalue weighted by atomic mass is 32.1. The first-order chi connectivity index (χ1) is 9.45. The van der Waals surface area contributed by atoms with E-state index < -0.39 is 0 Å². The molecule has 1 atom stereocenters. The molecule has 0 saturated carbocycles. The molecule has 2 heterocycles. The van der Waals surface area contributed by atoms with Crippen molar-refractivity contribution in [1.29, 1.82) is 0 Å². The van der Waals surface area contributed by atoms with Crippen molar-refractivity contribution in [3.05, 3.63) is 17.3 Å². The van der Waals surface area contributed by atoms with Crippen LogP contribution < -0.4 is 5.32 Å². The molecule has 2 aromatic rings. The predicted molar refractivity (Wildman–Crippen MR) is 85.6 cm³/mol. The van der Waals surface area contributed by atoms with E-state index in [2.05, 4.69) is 54.4 Å². The quantitative estimate of drug-likeness (QED) is 0.878. The minimum atomic E-state index is -0.138. The molecule has 0 spiro atoms. The maximum absolute atomic E-state index is 5.49. The van der Waals surface area contributed by atoms with Gasteiger partial charge in [-0.05, 0) is 38.6 Å². The van der Waals surface area contributed by atoms with Gasteiger partial charge in [-0.3, -0.25) is 0 Å². The Hall–Kier alpha value is -1.20. The van der Waals surface area contributed by atoms with Gasteiger partial charge in [0.15, 0.2) is 0 Å². The van der Waals surface area contributed by atoms with Crippen molar-refractivity contribution in [2.45, 2.75) is 52.2 Å². The first kappa shape index (κ1) is 15.2. The van der Waals surface area contributed by atoms with Crippen LogP contribution in [0.5, 0.6) is 0 Å². The lowest BCUT2D eigenvalue weighted by Crippen LogP contribution is -2.31. The zero-order valence-electron chi connectivity index (χ0n) is 12.9. The van der Waals surface area contributed by atoms with E-state index in [0.29, 0.717) is 0 Å². The highest BCUT2D eigenvalue weighted by Crippen LogP contribution is 2.27. The Kier molecular flexibility index (Phi) is 4.60. The van der Waals surface area contributed by atoms with Crippen LogP contribution in [-0.2, 0) is 11.2 Å². The monoisotopic (exact) mass is 293 g/mol. The Morgan fingerprint density at radius 3 is 2.80 bits per heavy atom. The number of rotatable bonds is 6. The van der Waals surface area contributed by atoms with Gasteiger partial charge in [-0.25, -0.2) is 9.97 Å². The van der Waals surface area contributed by atoms with Crippen molar-refractivity contribution in [2.75, 3.05) is 12.4 Å². The molecule has 0 aliphatic rings. The molecule has 20 heavy (non-hydrogen) atoms. The van der Waals surface area contributed by atoms with Gasteiger partial charge < -0.3 is 10.1 Å². The van der Waals surface area contributed by atoms with Gasteiger partial charge in [0.25, 0.3) is 0 Å². The van der Waals surface area contributed by atoms with E-state index in [0.717, 1.165) is 34.7 Å². The smallest absolute Gasteiger partial charge is 0.138 e. The van der Waals surface area contributed by atoms with Gasteiger partial charge in [0.05, 0.1) is 11.0 Å². The second-order valence-corrected chi connectivity index (χ2v) is 6.59. The number of ether oxygens (including phenoxy) is 1. The molecule has 110 valence electrons. The average molecular weight is 293 g/mol. The van der Waals surface area contributed by atoms with E-state index in [1.165, 1.54) is 0 Å². The third-order valence-corrected chi connectivity index (χ3v) is 4.23. The lowest BCUT2D eigenvalue weighted by Gasteiger charge is -2.27. The fourth-order valence-corrected chi connectivity index (χ4v) is 3.06. The van der Waals surface area contributed by atoms with E-state index in [1.54, 1.807) is 18.4 Å². The van der Waals surface area contributed by atoms with E-state index in [9.17, 15) is 0 Å². The van der Waals surface area contributed by atoms with Crippen LogP contribution in [0.25, 0.3) is 10.2 Å². The number of hydrogen-bond acceptors (Lipinski definition) is 5. The minimum absolute atomic E-state index is 0.138. The summed E-state index contributed by atoms with van der Waals surface area (Å²) < 4.78 is 5.49. The molecule has 1 unspecified atom stereocenters. The summed E-state index contributed by atoms with van der Waals surface area (Å²) in [7, 11) is 1.75. The van der Waals surface area contributed by atoms with E-state index in [-0.39, 0.29) is 11.6 Å². The van der Waals surface area contributed by atoms with Crippen LogP contribution in [0, 0.1) is 0 Å². The molecule has 1 N–H and O–H groups in total. The lowest BCUT2D eigenvalue weighted by atomic mass is 10.00. The van der Waals surface area contributed by atoms with Crippen molar-refractivity contribution in [3.63, 3.8) is 0 Å². The Labute approximate surface area is 124 Å². The van der Waals surface area contributed by atoms with Crippen LogP contribution >= 0.6 is 11.3 Å². The number of fused-ring (bicyclic) bond motifs is 1. The summed E-state index contributed by atoms with van der Waals surface area (Å²) in [4.78, 5) is 10.2. The average Bonchev–Trinajstić information content (AvgIpc) is 2.86. The number of methoxy groups -OCH3 is 1. The topological polar surface area (TPSA) is 47.0 Å². The third kappa shape index (κ3) is 3.46. The molecule has 0 radical (unpaired) electrons. The molecule has 0 aliphatic carbocycles. The van der Waals surface area contributed by atoms with Crippen LogP contribution in [0.15, 0.2) is 11.4 Å². The second-order valence-electron chi connectivity index (χ2n) is 5.69. The maximum Gasteiger partial charge on any atom is 0.138 e.